The van der Waals surface area contributed by atoms with Gasteiger partial charge in [-0.3, -0.25) is 10.1 Å². The summed E-state index contributed by atoms with van der Waals surface area (Å²) in [4.78, 5) is 18.1. The molecule has 2 heterocycles. The van der Waals surface area contributed by atoms with Gasteiger partial charge in [-0.15, -0.1) is 11.3 Å². The Labute approximate surface area is 170 Å². The summed E-state index contributed by atoms with van der Waals surface area (Å²) in [7, 11) is 1.62. The van der Waals surface area contributed by atoms with Crippen LogP contribution in [-0.4, -0.2) is 27.8 Å². The molecule has 0 unspecified atom stereocenters. The van der Waals surface area contributed by atoms with Crippen LogP contribution >= 0.6 is 11.3 Å². The lowest BCUT2D eigenvalue weighted by molar-refractivity contribution is 0.102. The summed E-state index contributed by atoms with van der Waals surface area (Å²) in [5.74, 6) is 0.0209. The number of hydrogen-bond acceptors (Lipinski definition) is 5. The maximum Gasteiger partial charge on any atom is 0.277 e. The highest BCUT2D eigenvalue weighted by Crippen LogP contribution is 2.31. The summed E-state index contributed by atoms with van der Waals surface area (Å²) >= 11 is 1.39. The topological polar surface area (TPSA) is 69.0 Å². The van der Waals surface area contributed by atoms with E-state index in [1.54, 1.807) is 31.5 Å². The number of halogens is 1. The van der Waals surface area contributed by atoms with Crippen LogP contribution in [0.4, 0.5) is 9.52 Å². The predicted molar refractivity (Wildman–Crippen MR) is 110 cm³/mol. The lowest BCUT2D eigenvalue weighted by Gasteiger charge is -2.02. The molecule has 2 aromatic carbocycles. The molecule has 0 radical (unpaired) electrons. The largest absolute Gasteiger partial charge is 0.497 e. The summed E-state index contributed by atoms with van der Waals surface area (Å²) in [6.45, 7) is 1.95. The lowest BCUT2D eigenvalue weighted by Crippen LogP contribution is -2.13. The van der Waals surface area contributed by atoms with Crippen LogP contribution in [0.25, 0.3) is 16.9 Å². The molecule has 29 heavy (non-hydrogen) atoms. The zero-order valence-electron chi connectivity index (χ0n) is 15.7. The van der Waals surface area contributed by atoms with Gasteiger partial charge >= 0.3 is 0 Å². The quantitative estimate of drug-likeness (QED) is 0.520. The van der Waals surface area contributed by atoms with E-state index in [1.807, 2.05) is 31.2 Å². The standard InChI is InChI=1S/C21H17FN4O2S/c1-13-19(14-6-8-17(28-2)9-7-14)23-21(29-13)24-20(27)18-10-11-26(25-18)16-5-3-4-15(22)12-16/h3-12H,1-2H3,(H,23,24,27). The van der Waals surface area contributed by atoms with E-state index in [4.69, 9.17) is 4.74 Å². The van der Waals surface area contributed by atoms with E-state index < -0.39 is 0 Å². The zero-order chi connectivity index (χ0) is 20.4. The summed E-state index contributed by atoms with van der Waals surface area (Å²) in [5.41, 5.74) is 2.50. The first kappa shape index (κ1) is 18.8. The third kappa shape index (κ3) is 4.02. The third-order valence-corrected chi connectivity index (χ3v) is 5.16. The molecule has 1 amide bonds. The van der Waals surface area contributed by atoms with Gasteiger partial charge in [0.05, 0.1) is 18.5 Å². The Morgan fingerprint density at radius 1 is 1.17 bits per heavy atom. The van der Waals surface area contributed by atoms with E-state index in [-0.39, 0.29) is 17.4 Å². The fourth-order valence-corrected chi connectivity index (χ4v) is 3.67. The maximum absolute atomic E-state index is 13.4. The van der Waals surface area contributed by atoms with Crippen LogP contribution in [0.5, 0.6) is 5.75 Å². The fourth-order valence-electron chi connectivity index (χ4n) is 2.84. The predicted octanol–water partition coefficient (Wildman–Crippen LogP) is 4.70. The maximum atomic E-state index is 13.4. The summed E-state index contributed by atoms with van der Waals surface area (Å²) in [6, 6.07) is 15.2. The molecule has 8 heteroatoms. The average Bonchev–Trinajstić information content (AvgIpc) is 3.35. The second-order valence-electron chi connectivity index (χ2n) is 6.23. The van der Waals surface area contributed by atoms with Gasteiger partial charge < -0.3 is 4.74 Å². The van der Waals surface area contributed by atoms with Gasteiger partial charge in [0.2, 0.25) is 0 Å². The van der Waals surface area contributed by atoms with E-state index in [0.29, 0.717) is 10.8 Å². The van der Waals surface area contributed by atoms with Crippen molar-refractivity contribution in [3.05, 3.63) is 77.2 Å². The van der Waals surface area contributed by atoms with Gasteiger partial charge in [0.25, 0.3) is 5.91 Å². The van der Waals surface area contributed by atoms with Gasteiger partial charge in [0, 0.05) is 16.6 Å². The lowest BCUT2D eigenvalue weighted by atomic mass is 10.1. The highest BCUT2D eigenvalue weighted by Gasteiger charge is 2.15. The van der Waals surface area contributed by atoms with Crippen molar-refractivity contribution >= 4 is 22.4 Å². The Bertz CT molecular complexity index is 1170. The number of carbonyl (C=O) groups excluding carboxylic acids is 1. The first-order valence-corrected chi connectivity index (χ1v) is 9.60. The van der Waals surface area contributed by atoms with Crippen LogP contribution in [0.1, 0.15) is 15.4 Å². The number of methoxy groups -OCH3 is 1. The molecule has 6 nitrogen and oxygen atoms in total. The number of nitrogens with one attached hydrogen (secondary N) is 1. The Hall–Kier alpha value is -3.52. The van der Waals surface area contributed by atoms with Crippen LogP contribution in [0, 0.1) is 12.7 Å². The van der Waals surface area contributed by atoms with E-state index >= 15 is 0 Å². The smallest absolute Gasteiger partial charge is 0.277 e. The Morgan fingerprint density at radius 2 is 1.97 bits per heavy atom. The number of benzene rings is 2. The molecule has 4 aromatic rings. The summed E-state index contributed by atoms with van der Waals surface area (Å²) in [5, 5.41) is 7.49. The molecule has 1 N–H and O–H groups in total. The Balaban J connectivity index is 1.52. The number of rotatable bonds is 5. The van der Waals surface area contributed by atoms with E-state index in [2.05, 4.69) is 15.4 Å². The number of anilines is 1. The number of ether oxygens (including phenoxy) is 1. The third-order valence-electron chi connectivity index (χ3n) is 4.27. The molecular formula is C21H17FN4O2S. The summed E-state index contributed by atoms with van der Waals surface area (Å²) in [6.07, 6.45) is 1.61. The van der Waals surface area contributed by atoms with Crippen LogP contribution in [0.15, 0.2) is 60.8 Å². The number of carbonyl (C=O) groups is 1. The van der Waals surface area contributed by atoms with E-state index in [1.165, 1.54) is 28.2 Å². The van der Waals surface area contributed by atoms with Crippen molar-refractivity contribution in [1.29, 1.82) is 0 Å². The Morgan fingerprint density at radius 3 is 2.69 bits per heavy atom. The minimum absolute atomic E-state index is 0.216. The minimum Gasteiger partial charge on any atom is -0.497 e. The molecule has 0 bridgehead atoms. The minimum atomic E-state index is -0.379. The van der Waals surface area contributed by atoms with Gasteiger partial charge in [-0.05, 0) is 55.5 Å². The molecule has 0 saturated heterocycles. The van der Waals surface area contributed by atoms with Gasteiger partial charge in [-0.2, -0.15) is 5.10 Å². The van der Waals surface area contributed by atoms with Crippen molar-refractivity contribution in [3.63, 3.8) is 0 Å². The molecule has 0 fully saturated rings. The number of nitrogens with zero attached hydrogens (tertiary/aromatic N) is 3. The van der Waals surface area contributed by atoms with Gasteiger partial charge in [0.15, 0.2) is 10.8 Å². The number of amides is 1. The number of hydrogen-bond donors (Lipinski definition) is 1. The van der Waals surface area contributed by atoms with Crippen molar-refractivity contribution in [3.8, 4) is 22.7 Å². The average molecular weight is 408 g/mol. The first-order valence-electron chi connectivity index (χ1n) is 8.78. The van der Waals surface area contributed by atoms with Crippen molar-refractivity contribution in [2.24, 2.45) is 0 Å². The Kier molecular flexibility index (Phi) is 5.09. The highest BCUT2D eigenvalue weighted by atomic mass is 32.1. The van der Waals surface area contributed by atoms with E-state index in [9.17, 15) is 9.18 Å². The fraction of sp³-hybridized carbons (Fsp3) is 0.0952. The second-order valence-corrected chi connectivity index (χ2v) is 7.44. The van der Waals surface area contributed by atoms with Crippen molar-refractivity contribution in [2.75, 3.05) is 12.4 Å². The van der Waals surface area contributed by atoms with Crippen LogP contribution < -0.4 is 10.1 Å². The monoisotopic (exact) mass is 408 g/mol. The molecule has 0 saturated carbocycles. The molecule has 146 valence electrons. The number of thiazole rings is 1. The molecule has 0 spiro atoms. The van der Waals surface area contributed by atoms with Crippen molar-refractivity contribution in [1.82, 2.24) is 14.8 Å². The van der Waals surface area contributed by atoms with Gasteiger partial charge in [-0.25, -0.2) is 14.1 Å². The molecule has 0 aliphatic heterocycles. The SMILES string of the molecule is COc1ccc(-c2nc(NC(=O)c3ccn(-c4cccc(F)c4)n3)sc2C)cc1. The van der Waals surface area contributed by atoms with Crippen molar-refractivity contribution < 1.29 is 13.9 Å². The molecule has 2 aromatic heterocycles. The van der Waals surface area contributed by atoms with Gasteiger partial charge in [0.1, 0.15) is 11.6 Å². The number of aromatic nitrogens is 3. The van der Waals surface area contributed by atoms with Crippen molar-refractivity contribution in [2.45, 2.75) is 6.92 Å². The van der Waals surface area contributed by atoms with Gasteiger partial charge in [-0.1, -0.05) is 6.07 Å². The first-order chi connectivity index (χ1) is 14.0. The summed E-state index contributed by atoms with van der Waals surface area (Å²) < 4.78 is 20.0. The molecular weight excluding hydrogens is 391 g/mol. The zero-order valence-corrected chi connectivity index (χ0v) is 16.5. The second kappa shape index (κ2) is 7.84. The van der Waals surface area contributed by atoms with Crippen LogP contribution in [0.3, 0.4) is 0 Å². The highest BCUT2D eigenvalue weighted by molar-refractivity contribution is 7.16. The van der Waals surface area contributed by atoms with Crippen LogP contribution in [0.2, 0.25) is 0 Å². The molecule has 4 rings (SSSR count). The molecule has 0 aliphatic rings. The molecule has 0 atom stereocenters. The van der Waals surface area contributed by atoms with Crippen LogP contribution in [-0.2, 0) is 0 Å². The normalized spacial score (nSPS) is 10.7. The number of aryl methyl sites for hydroxylation is 1. The van der Waals surface area contributed by atoms with E-state index in [0.717, 1.165) is 21.9 Å². The molecule has 0 aliphatic carbocycles.